The van der Waals surface area contributed by atoms with Crippen molar-refractivity contribution < 1.29 is 9.53 Å². The van der Waals surface area contributed by atoms with Crippen molar-refractivity contribution in [1.29, 1.82) is 0 Å². The molecule has 0 saturated carbocycles. The van der Waals surface area contributed by atoms with E-state index < -0.39 is 0 Å². The van der Waals surface area contributed by atoms with Crippen LogP contribution in [0, 0.1) is 0 Å². The van der Waals surface area contributed by atoms with Crippen LogP contribution in [-0.2, 0) is 0 Å². The number of amides is 1. The van der Waals surface area contributed by atoms with E-state index >= 15 is 0 Å². The molecule has 20 heavy (non-hydrogen) atoms. The third kappa shape index (κ3) is 2.60. The summed E-state index contributed by atoms with van der Waals surface area (Å²) in [5.41, 5.74) is 1.46. The van der Waals surface area contributed by atoms with Gasteiger partial charge in [0.2, 0.25) is 0 Å². The molecule has 2 aromatic rings. The average Bonchev–Trinajstić information content (AvgIpc) is 2.45. The molecule has 0 N–H and O–H groups in total. The zero-order chi connectivity index (χ0) is 14.1. The van der Waals surface area contributed by atoms with Gasteiger partial charge in [-0.05, 0) is 30.3 Å². The highest BCUT2D eigenvalue weighted by molar-refractivity contribution is 9.11. The molecular weight excluding hydrogens is 386 g/mol. The molecule has 0 unspecified atom stereocenters. The Bertz CT molecular complexity index is 652. The summed E-state index contributed by atoms with van der Waals surface area (Å²) in [5, 5.41) is 0. The maximum atomic E-state index is 12.7. The SMILES string of the molecule is O=C(c1cc(Br)cc(Br)c1)N1CCOc2ccccc21. The maximum absolute atomic E-state index is 12.7. The number of rotatable bonds is 1. The Balaban J connectivity index is 1.99. The summed E-state index contributed by atoms with van der Waals surface area (Å²) >= 11 is 6.82. The third-order valence-corrected chi connectivity index (χ3v) is 4.00. The summed E-state index contributed by atoms with van der Waals surface area (Å²) < 4.78 is 7.32. The molecule has 3 nitrogen and oxygen atoms in total. The van der Waals surface area contributed by atoms with Crippen molar-refractivity contribution in [3.63, 3.8) is 0 Å². The summed E-state index contributed by atoms with van der Waals surface area (Å²) in [7, 11) is 0. The molecule has 5 heteroatoms. The van der Waals surface area contributed by atoms with Crippen LogP contribution in [0.5, 0.6) is 5.75 Å². The van der Waals surface area contributed by atoms with Crippen molar-refractivity contribution >= 4 is 43.5 Å². The zero-order valence-corrected chi connectivity index (χ0v) is 13.6. The van der Waals surface area contributed by atoms with Crippen molar-refractivity contribution in [3.8, 4) is 5.75 Å². The van der Waals surface area contributed by atoms with Crippen molar-refractivity contribution in [2.24, 2.45) is 0 Å². The molecular formula is C15H11Br2NO2. The maximum Gasteiger partial charge on any atom is 0.258 e. The first-order chi connectivity index (χ1) is 9.65. The molecule has 0 atom stereocenters. The summed E-state index contributed by atoms with van der Waals surface area (Å²) in [6.07, 6.45) is 0. The minimum absolute atomic E-state index is 0.0252. The molecule has 0 spiro atoms. The molecule has 0 aromatic heterocycles. The van der Waals surface area contributed by atoms with Gasteiger partial charge in [-0.25, -0.2) is 0 Å². The second kappa shape index (κ2) is 5.58. The van der Waals surface area contributed by atoms with Crippen LogP contribution in [0.4, 0.5) is 5.69 Å². The van der Waals surface area contributed by atoms with Gasteiger partial charge in [0.1, 0.15) is 12.4 Å². The molecule has 0 bridgehead atoms. The monoisotopic (exact) mass is 395 g/mol. The van der Waals surface area contributed by atoms with Crippen molar-refractivity contribution in [3.05, 3.63) is 57.0 Å². The average molecular weight is 397 g/mol. The van der Waals surface area contributed by atoms with E-state index in [1.165, 1.54) is 0 Å². The first kappa shape index (κ1) is 13.6. The third-order valence-electron chi connectivity index (χ3n) is 3.08. The minimum atomic E-state index is -0.0252. The van der Waals surface area contributed by atoms with Gasteiger partial charge in [-0.2, -0.15) is 0 Å². The topological polar surface area (TPSA) is 29.5 Å². The second-order valence-electron chi connectivity index (χ2n) is 4.43. The van der Waals surface area contributed by atoms with E-state index in [9.17, 15) is 4.79 Å². The highest BCUT2D eigenvalue weighted by Crippen LogP contribution is 2.32. The molecule has 0 aliphatic carbocycles. The first-order valence-corrected chi connectivity index (χ1v) is 7.73. The molecule has 1 aliphatic heterocycles. The lowest BCUT2D eigenvalue weighted by Crippen LogP contribution is -2.37. The van der Waals surface area contributed by atoms with Gasteiger partial charge in [-0.15, -0.1) is 0 Å². The standard InChI is InChI=1S/C15H11Br2NO2/c16-11-7-10(8-12(17)9-11)15(19)18-5-6-20-14-4-2-1-3-13(14)18/h1-4,7-9H,5-6H2. The Morgan fingerprint density at radius 1 is 1.10 bits per heavy atom. The van der Waals surface area contributed by atoms with Crippen LogP contribution in [0.2, 0.25) is 0 Å². The quantitative estimate of drug-likeness (QED) is 0.721. The number of hydrogen-bond donors (Lipinski definition) is 0. The van der Waals surface area contributed by atoms with Gasteiger partial charge in [-0.3, -0.25) is 4.79 Å². The molecule has 0 radical (unpaired) electrons. The summed E-state index contributed by atoms with van der Waals surface area (Å²) in [4.78, 5) is 14.5. The van der Waals surface area contributed by atoms with Crippen LogP contribution < -0.4 is 9.64 Å². The van der Waals surface area contributed by atoms with E-state index in [0.717, 1.165) is 20.4 Å². The highest BCUT2D eigenvalue weighted by Gasteiger charge is 2.24. The Kier molecular flexibility index (Phi) is 3.81. The minimum Gasteiger partial charge on any atom is -0.490 e. The molecule has 1 heterocycles. The molecule has 3 rings (SSSR count). The summed E-state index contributed by atoms with van der Waals surface area (Å²) in [6, 6.07) is 13.2. The van der Waals surface area contributed by atoms with Gasteiger partial charge >= 0.3 is 0 Å². The molecule has 0 saturated heterocycles. The smallest absolute Gasteiger partial charge is 0.258 e. The van der Waals surface area contributed by atoms with Gasteiger partial charge in [-0.1, -0.05) is 44.0 Å². The number of para-hydroxylation sites is 2. The number of carbonyl (C=O) groups is 1. The first-order valence-electron chi connectivity index (χ1n) is 6.15. The Morgan fingerprint density at radius 2 is 1.80 bits per heavy atom. The van der Waals surface area contributed by atoms with E-state index in [1.807, 2.05) is 42.5 Å². The van der Waals surface area contributed by atoms with Crippen molar-refractivity contribution in [2.45, 2.75) is 0 Å². The van der Waals surface area contributed by atoms with Gasteiger partial charge in [0.15, 0.2) is 0 Å². The fraction of sp³-hybridized carbons (Fsp3) is 0.133. The predicted molar refractivity (Wildman–Crippen MR) is 85.5 cm³/mol. The van der Waals surface area contributed by atoms with Crippen LogP contribution in [0.3, 0.4) is 0 Å². The predicted octanol–water partition coefficient (Wildman–Crippen LogP) is 4.25. The van der Waals surface area contributed by atoms with E-state index in [4.69, 9.17) is 4.74 Å². The van der Waals surface area contributed by atoms with Gasteiger partial charge in [0.25, 0.3) is 5.91 Å². The Labute approximate surface area is 133 Å². The molecule has 1 aliphatic rings. The number of nitrogens with zero attached hydrogens (tertiary/aromatic N) is 1. The fourth-order valence-electron chi connectivity index (χ4n) is 2.21. The van der Waals surface area contributed by atoms with Gasteiger partial charge in [0, 0.05) is 14.5 Å². The number of benzene rings is 2. The van der Waals surface area contributed by atoms with Crippen LogP contribution in [0.15, 0.2) is 51.4 Å². The number of hydrogen-bond acceptors (Lipinski definition) is 2. The zero-order valence-electron chi connectivity index (χ0n) is 10.5. The number of carbonyl (C=O) groups excluding carboxylic acids is 1. The van der Waals surface area contributed by atoms with E-state index in [0.29, 0.717) is 18.7 Å². The largest absolute Gasteiger partial charge is 0.490 e. The summed E-state index contributed by atoms with van der Waals surface area (Å²) in [6.45, 7) is 1.07. The van der Waals surface area contributed by atoms with E-state index in [1.54, 1.807) is 4.90 Å². The van der Waals surface area contributed by atoms with Crippen molar-refractivity contribution in [2.75, 3.05) is 18.1 Å². The number of fused-ring (bicyclic) bond motifs is 1. The second-order valence-corrected chi connectivity index (χ2v) is 6.26. The number of halogens is 2. The molecule has 1 amide bonds. The normalized spacial score (nSPS) is 13.6. The summed E-state index contributed by atoms with van der Waals surface area (Å²) in [5.74, 6) is 0.726. The molecule has 0 fully saturated rings. The Hall–Kier alpha value is -1.33. The van der Waals surface area contributed by atoms with E-state index in [-0.39, 0.29) is 5.91 Å². The van der Waals surface area contributed by atoms with Crippen LogP contribution >= 0.6 is 31.9 Å². The molecule has 102 valence electrons. The van der Waals surface area contributed by atoms with Crippen LogP contribution in [0.1, 0.15) is 10.4 Å². The number of anilines is 1. The number of ether oxygens (including phenoxy) is 1. The highest BCUT2D eigenvalue weighted by atomic mass is 79.9. The van der Waals surface area contributed by atoms with Crippen LogP contribution in [0.25, 0.3) is 0 Å². The lowest BCUT2D eigenvalue weighted by Gasteiger charge is -2.29. The Morgan fingerprint density at radius 3 is 2.55 bits per heavy atom. The van der Waals surface area contributed by atoms with Gasteiger partial charge in [0.05, 0.1) is 12.2 Å². The van der Waals surface area contributed by atoms with Crippen LogP contribution in [-0.4, -0.2) is 19.1 Å². The van der Waals surface area contributed by atoms with Gasteiger partial charge < -0.3 is 9.64 Å². The fourth-order valence-corrected chi connectivity index (χ4v) is 3.51. The van der Waals surface area contributed by atoms with E-state index in [2.05, 4.69) is 31.9 Å². The lowest BCUT2D eigenvalue weighted by molar-refractivity contribution is 0.0976. The lowest BCUT2D eigenvalue weighted by atomic mass is 10.1. The molecule has 2 aromatic carbocycles. The van der Waals surface area contributed by atoms with Crippen molar-refractivity contribution in [1.82, 2.24) is 0 Å².